The topological polar surface area (TPSA) is 38.1 Å². The van der Waals surface area contributed by atoms with Crippen LogP contribution in [0.3, 0.4) is 0 Å². The highest BCUT2D eigenvalue weighted by atomic mass is 32.1. The van der Waals surface area contributed by atoms with Gasteiger partial charge in [0.05, 0.1) is 5.16 Å². The summed E-state index contributed by atoms with van der Waals surface area (Å²) in [5.41, 5.74) is 4.27. The van der Waals surface area contributed by atoms with Crippen LogP contribution in [0.2, 0.25) is 0 Å². The van der Waals surface area contributed by atoms with Crippen LogP contribution in [0.1, 0.15) is 49.2 Å². The Morgan fingerprint density at radius 2 is 1.71 bits per heavy atom. The van der Waals surface area contributed by atoms with Gasteiger partial charge in [-0.15, -0.1) is 0 Å². The van der Waals surface area contributed by atoms with Gasteiger partial charge in [-0.2, -0.15) is 4.99 Å². The van der Waals surface area contributed by atoms with Crippen molar-refractivity contribution in [2.24, 2.45) is 4.99 Å². The Hall–Kier alpha value is -3.26. The van der Waals surface area contributed by atoms with E-state index in [1.165, 1.54) is 24.0 Å². The molecular formula is C25H21F2N3S. The van der Waals surface area contributed by atoms with Crippen molar-refractivity contribution in [1.29, 1.82) is 0 Å². The molecule has 3 nitrogen and oxygen atoms in total. The molecule has 0 radical (unpaired) electrons. The van der Waals surface area contributed by atoms with Crippen LogP contribution >= 0.6 is 12.2 Å². The van der Waals surface area contributed by atoms with Gasteiger partial charge in [0.1, 0.15) is 5.69 Å². The number of thiocarbonyl (C=S) groups is 1. The van der Waals surface area contributed by atoms with Crippen LogP contribution < -0.4 is 0 Å². The zero-order valence-corrected chi connectivity index (χ0v) is 18.2. The molecular weight excluding hydrogens is 412 g/mol. The van der Waals surface area contributed by atoms with Crippen molar-refractivity contribution in [1.82, 2.24) is 9.97 Å². The van der Waals surface area contributed by atoms with Gasteiger partial charge in [0, 0.05) is 23.5 Å². The van der Waals surface area contributed by atoms with Crippen molar-refractivity contribution in [3.05, 3.63) is 76.9 Å². The fourth-order valence-corrected chi connectivity index (χ4v) is 3.30. The number of rotatable bonds is 6. The average Bonchev–Trinajstić information content (AvgIpc) is 2.79. The Morgan fingerprint density at radius 3 is 2.32 bits per heavy atom. The fraction of sp³-hybridized carbons (Fsp3) is 0.240. The Balaban J connectivity index is 1.83. The maximum atomic E-state index is 13.9. The standard InChI is InChI=1S/C25H21F2N3S/c1-3-5-6-17-7-9-21(19(4-2)11-17)20-14-28-24(29-15-20)10-8-18-12-22(26)25(30-16-31)23(27)13-18/h7,9,11-15H,3-6H2,1-2H3. The van der Waals surface area contributed by atoms with E-state index in [1.807, 2.05) is 5.16 Å². The Morgan fingerprint density at radius 1 is 1.00 bits per heavy atom. The highest BCUT2D eigenvalue weighted by Gasteiger charge is 2.10. The molecule has 0 bridgehead atoms. The minimum atomic E-state index is -0.854. The van der Waals surface area contributed by atoms with Crippen molar-refractivity contribution < 1.29 is 8.78 Å². The van der Waals surface area contributed by atoms with Crippen molar-refractivity contribution in [2.75, 3.05) is 0 Å². The third-order valence-electron chi connectivity index (χ3n) is 4.83. The van der Waals surface area contributed by atoms with Gasteiger partial charge in [-0.05, 0) is 66.2 Å². The number of aliphatic imine (C=N–C) groups is 1. The molecule has 1 aromatic heterocycles. The summed E-state index contributed by atoms with van der Waals surface area (Å²) in [4.78, 5) is 12.0. The first-order valence-electron chi connectivity index (χ1n) is 10.1. The lowest BCUT2D eigenvalue weighted by Gasteiger charge is -2.10. The summed E-state index contributed by atoms with van der Waals surface area (Å²) in [7, 11) is 0. The van der Waals surface area contributed by atoms with Crippen LogP contribution in [-0.4, -0.2) is 15.1 Å². The SMILES string of the molecule is CCCCc1ccc(-c2cnc(C#Cc3cc(F)c(N=C=S)c(F)c3)nc2)c(CC)c1. The van der Waals surface area contributed by atoms with Gasteiger partial charge in [-0.1, -0.05) is 44.4 Å². The zero-order valence-electron chi connectivity index (χ0n) is 17.4. The van der Waals surface area contributed by atoms with E-state index in [0.29, 0.717) is 0 Å². The summed E-state index contributed by atoms with van der Waals surface area (Å²) in [6.07, 6.45) is 7.77. The van der Waals surface area contributed by atoms with E-state index in [1.54, 1.807) is 12.4 Å². The predicted molar refractivity (Wildman–Crippen MR) is 122 cm³/mol. The van der Waals surface area contributed by atoms with E-state index >= 15 is 0 Å². The predicted octanol–water partition coefficient (Wildman–Crippen LogP) is 6.46. The lowest BCUT2D eigenvalue weighted by atomic mass is 9.96. The smallest absolute Gasteiger partial charge is 0.205 e. The normalized spacial score (nSPS) is 10.2. The van der Waals surface area contributed by atoms with E-state index in [2.05, 4.69) is 71.1 Å². The maximum Gasteiger partial charge on any atom is 0.205 e. The number of nitrogens with zero attached hydrogens (tertiary/aromatic N) is 3. The molecule has 0 saturated carbocycles. The van der Waals surface area contributed by atoms with Gasteiger partial charge in [0.15, 0.2) is 11.6 Å². The number of hydrogen-bond donors (Lipinski definition) is 0. The summed E-state index contributed by atoms with van der Waals surface area (Å²) in [5.74, 6) is 3.97. The molecule has 3 rings (SSSR count). The van der Waals surface area contributed by atoms with E-state index in [4.69, 9.17) is 0 Å². The van der Waals surface area contributed by atoms with E-state index < -0.39 is 17.3 Å². The molecule has 3 aromatic rings. The van der Waals surface area contributed by atoms with Crippen molar-refractivity contribution in [3.8, 4) is 23.0 Å². The van der Waals surface area contributed by atoms with Crippen LogP contribution in [0, 0.1) is 23.5 Å². The van der Waals surface area contributed by atoms with Crippen LogP contribution in [0.5, 0.6) is 0 Å². The van der Waals surface area contributed by atoms with Crippen molar-refractivity contribution in [2.45, 2.75) is 39.5 Å². The lowest BCUT2D eigenvalue weighted by Crippen LogP contribution is -1.95. The second kappa shape index (κ2) is 10.7. The molecule has 0 aliphatic rings. The molecule has 156 valence electrons. The van der Waals surface area contributed by atoms with Gasteiger partial charge >= 0.3 is 0 Å². The molecule has 31 heavy (non-hydrogen) atoms. The van der Waals surface area contributed by atoms with Gasteiger partial charge < -0.3 is 0 Å². The first kappa shape index (κ1) is 22.4. The molecule has 0 N–H and O–H groups in total. The average molecular weight is 434 g/mol. The van der Waals surface area contributed by atoms with Gasteiger partial charge in [-0.25, -0.2) is 18.7 Å². The molecule has 2 aromatic carbocycles. The van der Waals surface area contributed by atoms with Gasteiger partial charge in [0.2, 0.25) is 5.82 Å². The molecule has 0 spiro atoms. The Bertz CT molecular complexity index is 1160. The van der Waals surface area contributed by atoms with E-state index in [9.17, 15) is 8.78 Å². The van der Waals surface area contributed by atoms with Gasteiger partial charge in [-0.3, -0.25) is 0 Å². The molecule has 0 fully saturated rings. The quantitative estimate of drug-likeness (QED) is 0.254. The number of unbranched alkanes of at least 4 members (excludes halogenated alkanes) is 1. The molecule has 0 saturated heterocycles. The highest BCUT2D eigenvalue weighted by Crippen LogP contribution is 2.25. The van der Waals surface area contributed by atoms with Crippen LogP contribution in [-0.2, 0) is 12.8 Å². The Labute approximate surface area is 186 Å². The molecule has 0 atom stereocenters. The van der Waals surface area contributed by atoms with E-state index in [-0.39, 0.29) is 11.4 Å². The monoisotopic (exact) mass is 433 g/mol. The summed E-state index contributed by atoms with van der Waals surface area (Å²) >= 11 is 4.39. The van der Waals surface area contributed by atoms with Crippen LogP contribution in [0.4, 0.5) is 14.5 Å². The Kier molecular flexibility index (Phi) is 7.72. The molecule has 0 aliphatic heterocycles. The fourth-order valence-electron chi connectivity index (χ4n) is 3.21. The number of halogens is 2. The number of hydrogen-bond acceptors (Lipinski definition) is 4. The number of isothiocyanates is 1. The summed E-state index contributed by atoms with van der Waals surface area (Å²) in [6, 6.07) is 8.69. The highest BCUT2D eigenvalue weighted by molar-refractivity contribution is 7.78. The zero-order chi connectivity index (χ0) is 22.2. The number of aromatic nitrogens is 2. The van der Waals surface area contributed by atoms with E-state index in [0.717, 1.165) is 36.1 Å². The molecule has 0 unspecified atom stereocenters. The molecule has 0 amide bonds. The maximum absolute atomic E-state index is 13.9. The molecule has 6 heteroatoms. The number of aryl methyl sites for hydroxylation is 2. The largest absolute Gasteiger partial charge is 0.229 e. The second-order valence-electron chi connectivity index (χ2n) is 6.99. The lowest BCUT2D eigenvalue weighted by molar-refractivity contribution is 0.587. The summed E-state index contributed by atoms with van der Waals surface area (Å²) < 4.78 is 27.8. The first-order chi connectivity index (χ1) is 15.0. The molecule has 1 heterocycles. The van der Waals surface area contributed by atoms with Crippen LogP contribution in [0.25, 0.3) is 11.1 Å². The van der Waals surface area contributed by atoms with Crippen molar-refractivity contribution >= 4 is 23.1 Å². The minimum Gasteiger partial charge on any atom is -0.229 e. The van der Waals surface area contributed by atoms with Crippen molar-refractivity contribution in [3.63, 3.8) is 0 Å². The van der Waals surface area contributed by atoms with Gasteiger partial charge in [0.25, 0.3) is 0 Å². The third kappa shape index (κ3) is 5.67. The summed E-state index contributed by atoms with van der Waals surface area (Å²) in [5, 5.41) is 1.95. The first-order valence-corrected chi connectivity index (χ1v) is 10.5. The summed E-state index contributed by atoms with van der Waals surface area (Å²) in [6.45, 7) is 4.32. The second-order valence-corrected chi connectivity index (χ2v) is 7.17. The minimum absolute atomic E-state index is 0.155. The van der Waals surface area contributed by atoms with Crippen LogP contribution in [0.15, 0.2) is 47.7 Å². The number of benzene rings is 2. The third-order valence-corrected chi connectivity index (χ3v) is 4.92. The molecule has 0 aliphatic carbocycles.